The monoisotopic (exact) mass is 174 g/mol. The summed E-state index contributed by atoms with van der Waals surface area (Å²) in [6.45, 7) is 5.96. The van der Waals surface area contributed by atoms with E-state index in [0.717, 1.165) is 0 Å². The van der Waals surface area contributed by atoms with Crippen LogP contribution in [0.4, 0.5) is 4.79 Å². The summed E-state index contributed by atoms with van der Waals surface area (Å²) in [4.78, 5) is 12.7. The molecule has 0 aromatic heterocycles. The third kappa shape index (κ3) is 3.57. The summed E-state index contributed by atoms with van der Waals surface area (Å²) in [7, 11) is 1.68. The van der Waals surface area contributed by atoms with Gasteiger partial charge in [-0.05, 0) is 20.8 Å². The van der Waals surface area contributed by atoms with Crippen molar-refractivity contribution in [1.82, 2.24) is 4.90 Å². The third-order valence-corrected chi connectivity index (χ3v) is 1.63. The van der Waals surface area contributed by atoms with Crippen LogP contribution in [0.15, 0.2) is 0 Å². The average molecular weight is 174 g/mol. The van der Waals surface area contributed by atoms with Crippen molar-refractivity contribution in [3.05, 3.63) is 0 Å². The normalized spacial score (nSPS) is 12.8. The molecule has 4 heteroatoms. The zero-order chi connectivity index (χ0) is 9.72. The molecule has 12 heavy (non-hydrogen) atoms. The molecule has 0 saturated heterocycles. The van der Waals surface area contributed by atoms with Crippen LogP contribution in [-0.2, 0) is 4.74 Å². The van der Waals surface area contributed by atoms with Gasteiger partial charge in [0.1, 0.15) is 0 Å². The number of carbonyl (C=O) groups is 1. The Labute approximate surface area is 73.7 Å². The van der Waals surface area contributed by atoms with Crippen LogP contribution < -0.4 is 5.73 Å². The average Bonchev–Trinajstić information content (AvgIpc) is 2.00. The minimum Gasteiger partial charge on any atom is -0.447 e. The van der Waals surface area contributed by atoms with E-state index >= 15 is 0 Å². The predicted octanol–water partition coefficient (Wildman–Crippen LogP) is 0.810. The number of ether oxygens (including phenoxy) is 1. The molecule has 4 nitrogen and oxygen atoms in total. The van der Waals surface area contributed by atoms with E-state index in [4.69, 9.17) is 10.5 Å². The summed E-state index contributed by atoms with van der Waals surface area (Å²) in [6, 6.07) is 0.0243. The Morgan fingerprint density at radius 2 is 2.00 bits per heavy atom. The summed E-state index contributed by atoms with van der Waals surface area (Å²) < 4.78 is 4.97. The molecule has 1 unspecified atom stereocenters. The molecule has 0 radical (unpaired) electrons. The van der Waals surface area contributed by atoms with Gasteiger partial charge in [0.25, 0.3) is 0 Å². The van der Waals surface area contributed by atoms with Gasteiger partial charge in [0.2, 0.25) is 0 Å². The van der Waals surface area contributed by atoms with Crippen LogP contribution in [0.2, 0.25) is 0 Å². The molecular formula is C8H18N2O2. The molecule has 1 atom stereocenters. The van der Waals surface area contributed by atoms with Crippen molar-refractivity contribution in [2.24, 2.45) is 5.73 Å². The summed E-state index contributed by atoms with van der Waals surface area (Å²) in [5, 5.41) is 0. The lowest BCUT2D eigenvalue weighted by Crippen LogP contribution is -2.40. The Morgan fingerprint density at radius 3 is 2.33 bits per heavy atom. The molecule has 2 N–H and O–H groups in total. The van der Waals surface area contributed by atoms with Crippen molar-refractivity contribution >= 4 is 6.09 Å². The van der Waals surface area contributed by atoms with Crippen LogP contribution in [0, 0.1) is 0 Å². The van der Waals surface area contributed by atoms with Gasteiger partial charge >= 0.3 is 6.09 Å². The van der Waals surface area contributed by atoms with Gasteiger partial charge in [-0.2, -0.15) is 0 Å². The highest BCUT2D eigenvalue weighted by molar-refractivity contribution is 5.67. The van der Waals surface area contributed by atoms with E-state index in [9.17, 15) is 4.79 Å². The topological polar surface area (TPSA) is 55.6 Å². The van der Waals surface area contributed by atoms with Crippen LogP contribution in [-0.4, -0.2) is 36.7 Å². The Hall–Kier alpha value is -0.770. The van der Waals surface area contributed by atoms with Gasteiger partial charge in [-0.25, -0.2) is 4.79 Å². The van der Waals surface area contributed by atoms with Crippen molar-refractivity contribution in [3.8, 4) is 0 Å². The Kier molecular flexibility index (Phi) is 4.66. The maximum Gasteiger partial charge on any atom is 0.410 e. The Morgan fingerprint density at radius 1 is 1.50 bits per heavy atom. The molecule has 0 heterocycles. The number of rotatable bonds is 3. The smallest absolute Gasteiger partial charge is 0.410 e. The first-order valence-electron chi connectivity index (χ1n) is 4.12. The molecule has 0 bridgehead atoms. The van der Waals surface area contributed by atoms with Crippen LogP contribution >= 0.6 is 0 Å². The molecule has 0 aromatic rings. The SMILES string of the molecule is CC(C)OC(=O)N(C)C(C)CN. The van der Waals surface area contributed by atoms with Crippen LogP contribution in [0.5, 0.6) is 0 Å². The number of carbonyl (C=O) groups excluding carboxylic acids is 1. The number of likely N-dealkylation sites (N-methyl/N-ethyl adjacent to an activating group) is 1. The Balaban J connectivity index is 3.92. The number of nitrogens with zero attached hydrogens (tertiary/aromatic N) is 1. The van der Waals surface area contributed by atoms with Gasteiger partial charge in [0.05, 0.1) is 6.10 Å². The summed E-state index contributed by atoms with van der Waals surface area (Å²) in [5.74, 6) is 0. The molecule has 0 spiro atoms. The minimum absolute atomic E-state index is 0.0243. The second-order valence-corrected chi connectivity index (χ2v) is 3.13. The number of nitrogens with two attached hydrogens (primary N) is 1. The first-order chi connectivity index (χ1) is 5.49. The highest BCUT2D eigenvalue weighted by atomic mass is 16.6. The molecule has 0 rings (SSSR count). The summed E-state index contributed by atoms with van der Waals surface area (Å²) in [5.41, 5.74) is 5.39. The molecule has 0 fully saturated rings. The van der Waals surface area contributed by atoms with E-state index in [0.29, 0.717) is 6.54 Å². The second kappa shape index (κ2) is 4.98. The molecule has 1 amide bonds. The maximum absolute atomic E-state index is 11.2. The molecule has 0 aromatic carbocycles. The molecule has 0 saturated carbocycles. The van der Waals surface area contributed by atoms with Gasteiger partial charge in [0.15, 0.2) is 0 Å². The highest BCUT2D eigenvalue weighted by Gasteiger charge is 2.16. The van der Waals surface area contributed by atoms with Crippen molar-refractivity contribution in [2.75, 3.05) is 13.6 Å². The van der Waals surface area contributed by atoms with Gasteiger partial charge < -0.3 is 15.4 Å². The molecule has 0 aliphatic heterocycles. The number of hydrogen-bond acceptors (Lipinski definition) is 3. The van der Waals surface area contributed by atoms with Gasteiger partial charge in [-0.3, -0.25) is 0 Å². The maximum atomic E-state index is 11.2. The largest absolute Gasteiger partial charge is 0.447 e. The van der Waals surface area contributed by atoms with E-state index in [1.165, 1.54) is 4.90 Å². The first kappa shape index (κ1) is 11.2. The predicted molar refractivity (Wildman–Crippen MR) is 47.9 cm³/mol. The lowest BCUT2D eigenvalue weighted by Gasteiger charge is -2.23. The summed E-state index contributed by atoms with van der Waals surface area (Å²) in [6.07, 6.45) is -0.395. The van der Waals surface area contributed by atoms with E-state index in [2.05, 4.69) is 0 Å². The zero-order valence-electron chi connectivity index (χ0n) is 8.20. The van der Waals surface area contributed by atoms with E-state index < -0.39 is 0 Å². The zero-order valence-corrected chi connectivity index (χ0v) is 8.20. The minimum atomic E-state index is -0.317. The van der Waals surface area contributed by atoms with Gasteiger partial charge in [-0.1, -0.05) is 0 Å². The van der Waals surface area contributed by atoms with Crippen molar-refractivity contribution in [1.29, 1.82) is 0 Å². The molecular weight excluding hydrogens is 156 g/mol. The van der Waals surface area contributed by atoms with E-state index in [1.54, 1.807) is 7.05 Å². The number of amides is 1. The lowest BCUT2D eigenvalue weighted by atomic mass is 10.3. The van der Waals surface area contributed by atoms with E-state index in [1.807, 2.05) is 20.8 Å². The van der Waals surface area contributed by atoms with Crippen molar-refractivity contribution < 1.29 is 9.53 Å². The summed E-state index contributed by atoms with van der Waals surface area (Å²) >= 11 is 0. The van der Waals surface area contributed by atoms with Crippen LogP contribution in [0.3, 0.4) is 0 Å². The first-order valence-corrected chi connectivity index (χ1v) is 4.12. The standard InChI is InChI=1S/C8H18N2O2/c1-6(2)12-8(11)10(4)7(3)5-9/h6-7H,5,9H2,1-4H3. The highest BCUT2D eigenvalue weighted by Crippen LogP contribution is 1.99. The van der Waals surface area contributed by atoms with E-state index in [-0.39, 0.29) is 18.2 Å². The fourth-order valence-corrected chi connectivity index (χ4v) is 0.623. The number of hydrogen-bond donors (Lipinski definition) is 1. The fraction of sp³-hybridized carbons (Fsp3) is 0.875. The fourth-order valence-electron chi connectivity index (χ4n) is 0.623. The Bertz CT molecular complexity index is 148. The molecule has 72 valence electrons. The third-order valence-electron chi connectivity index (χ3n) is 1.63. The molecule has 0 aliphatic carbocycles. The van der Waals surface area contributed by atoms with Crippen molar-refractivity contribution in [2.45, 2.75) is 32.9 Å². The lowest BCUT2D eigenvalue weighted by molar-refractivity contribution is 0.0754. The second-order valence-electron chi connectivity index (χ2n) is 3.13. The van der Waals surface area contributed by atoms with Gasteiger partial charge in [0, 0.05) is 19.6 Å². The van der Waals surface area contributed by atoms with Crippen LogP contribution in [0.1, 0.15) is 20.8 Å². The quantitative estimate of drug-likeness (QED) is 0.689. The molecule has 0 aliphatic rings. The van der Waals surface area contributed by atoms with Crippen molar-refractivity contribution in [3.63, 3.8) is 0 Å². The van der Waals surface area contributed by atoms with Gasteiger partial charge in [-0.15, -0.1) is 0 Å². The van der Waals surface area contributed by atoms with Crippen LogP contribution in [0.25, 0.3) is 0 Å².